The summed E-state index contributed by atoms with van der Waals surface area (Å²) in [5.41, 5.74) is 5.44. The highest BCUT2D eigenvalue weighted by atomic mass is 19.1. The average molecular weight is 596 g/mol. The van der Waals surface area contributed by atoms with E-state index in [1.54, 1.807) is 0 Å². The van der Waals surface area contributed by atoms with Gasteiger partial charge in [-0.05, 0) is 81.6 Å². The monoisotopic (exact) mass is 595 g/mol. The van der Waals surface area contributed by atoms with Crippen molar-refractivity contribution >= 4 is 22.3 Å². The largest absolute Gasteiger partial charge is 0.369 e. The molecule has 8 nitrogen and oxygen atoms in total. The van der Waals surface area contributed by atoms with Gasteiger partial charge in [0.1, 0.15) is 5.82 Å². The number of piperazine rings is 1. The van der Waals surface area contributed by atoms with E-state index in [4.69, 9.17) is 0 Å². The fourth-order valence-corrected chi connectivity index (χ4v) is 6.97. The number of halogens is 1. The van der Waals surface area contributed by atoms with E-state index in [1.807, 2.05) is 37.6 Å². The van der Waals surface area contributed by atoms with Crippen LogP contribution in [0.3, 0.4) is 0 Å². The van der Waals surface area contributed by atoms with Crippen molar-refractivity contribution in [1.82, 2.24) is 24.3 Å². The molecule has 4 aromatic rings. The molecule has 3 aromatic heterocycles. The van der Waals surface area contributed by atoms with Crippen molar-refractivity contribution in [3.8, 4) is 0 Å². The molecular weight excluding hydrogens is 553 g/mol. The van der Waals surface area contributed by atoms with Crippen LogP contribution in [-0.2, 0) is 13.1 Å². The van der Waals surface area contributed by atoms with Crippen LogP contribution in [0.15, 0.2) is 66.0 Å². The van der Waals surface area contributed by atoms with Crippen molar-refractivity contribution in [2.24, 2.45) is 0 Å². The van der Waals surface area contributed by atoms with Crippen LogP contribution in [0.25, 0.3) is 10.9 Å². The first-order valence-corrected chi connectivity index (χ1v) is 16.0. The van der Waals surface area contributed by atoms with Crippen LogP contribution in [0, 0.1) is 12.7 Å². The fraction of sp³-hybridized carbons (Fsp3) is 0.457. The Bertz CT molecular complexity index is 1680. The molecule has 1 aromatic carbocycles. The minimum atomic E-state index is -0.304. The maximum atomic E-state index is 15.7. The number of aryl methyl sites for hydroxylation is 1. The number of fused-ring (bicyclic) bond motifs is 1. The number of pyridine rings is 3. The number of rotatable bonds is 8. The quantitative estimate of drug-likeness (QED) is 0.284. The fourth-order valence-electron chi connectivity index (χ4n) is 6.97. The molecule has 0 radical (unpaired) electrons. The molecule has 0 bridgehead atoms. The Morgan fingerprint density at radius 2 is 1.82 bits per heavy atom. The number of benzene rings is 1. The molecular formula is C35H42FN7O. The van der Waals surface area contributed by atoms with Gasteiger partial charge in [0.25, 0.3) is 0 Å². The Morgan fingerprint density at radius 3 is 2.57 bits per heavy atom. The number of hydrogen-bond acceptors (Lipinski definition) is 7. The van der Waals surface area contributed by atoms with E-state index in [9.17, 15) is 4.79 Å². The molecule has 3 aliphatic rings. The molecule has 0 N–H and O–H groups in total. The van der Waals surface area contributed by atoms with Gasteiger partial charge in [-0.2, -0.15) is 0 Å². The number of likely N-dealkylation sites (N-methyl/N-ethyl adjacent to an activating group) is 1. The average Bonchev–Trinajstić information content (AvgIpc) is 3.89. The number of nitrogens with zero attached hydrogens (tertiary/aromatic N) is 7. The standard InChI is InChI=1S/C35H42FN7O/c1-25-17-26(9-11-38-25)21-42(30-6-4-12-41(24-30)29-5-3-10-37-20-29)22-27-23-43(28-7-8-28)33-19-34(32(36)18-31(33)35(27)44)40-15-13-39(2)14-16-40/h3,5,9-11,17-20,23,28,30H,4,6-8,12-16,21-22,24H2,1-2H3/t30-/m0/s1. The Morgan fingerprint density at radius 1 is 0.977 bits per heavy atom. The van der Waals surface area contributed by atoms with Gasteiger partial charge in [-0.1, -0.05) is 0 Å². The summed E-state index contributed by atoms with van der Waals surface area (Å²) in [6, 6.07) is 12.4. The van der Waals surface area contributed by atoms with Gasteiger partial charge in [-0.3, -0.25) is 19.7 Å². The second-order valence-corrected chi connectivity index (χ2v) is 12.9. The van der Waals surface area contributed by atoms with E-state index in [2.05, 4.69) is 65.6 Å². The van der Waals surface area contributed by atoms with Gasteiger partial charge in [0.15, 0.2) is 5.43 Å². The zero-order valence-corrected chi connectivity index (χ0v) is 25.8. The van der Waals surface area contributed by atoms with Crippen LogP contribution >= 0.6 is 0 Å². The lowest BCUT2D eigenvalue weighted by atomic mass is 10.0. The summed E-state index contributed by atoms with van der Waals surface area (Å²) in [5, 5.41) is 0.491. The van der Waals surface area contributed by atoms with E-state index in [1.165, 1.54) is 11.6 Å². The summed E-state index contributed by atoms with van der Waals surface area (Å²) in [7, 11) is 2.10. The maximum absolute atomic E-state index is 15.7. The summed E-state index contributed by atoms with van der Waals surface area (Å²) in [5.74, 6) is -0.304. The van der Waals surface area contributed by atoms with Crippen LogP contribution in [-0.4, -0.2) is 76.7 Å². The first-order valence-electron chi connectivity index (χ1n) is 16.0. The first-order chi connectivity index (χ1) is 21.4. The molecule has 44 heavy (non-hydrogen) atoms. The van der Waals surface area contributed by atoms with Crippen molar-refractivity contribution in [3.63, 3.8) is 0 Å². The van der Waals surface area contributed by atoms with Gasteiger partial charge in [0.05, 0.1) is 23.1 Å². The van der Waals surface area contributed by atoms with Crippen LogP contribution in [0.4, 0.5) is 15.8 Å². The topological polar surface area (TPSA) is 60.7 Å². The third-order valence-electron chi connectivity index (χ3n) is 9.60. The maximum Gasteiger partial charge on any atom is 0.193 e. The Kier molecular flexibility index (Phi) is 8.08. The van der Waals surface area contributed by atoms with E-state index in [0.717, 1.165) is 87.4 Å². The van der Waals surface area contributed by atoms with Crippen LogP contribution in [0.2, 0.25) is 0 Å². The number of anilines is 2. The molecule has 1 atom stereocenters. The lowest BCUT2D eigenvalue weighted by Gasteiger charge is -2.40. The molecule has 2 saturated heterocycles. The Labute approximate surface area is 258 Å². The minimum Gasteiger partial charge on any atom is -0.369 e. The Hall–Kier alpha value is -3.82. The van der Waals surface area contributed by atoms with Crippen LogP contribution < -0.4 is 15.2 Å². The summed E-state index contributed by atoms with van der Waals surface area (Å²) < 4.78 is 18.0. The molecule has 2 aliphatic heterocycles. The number of hydrogen-bond donors (Lipinski definition) is 0. The van der Waals surface area contributed by atoms with E-state index < -0.39 is 0 Å². The molecule has 5 heterocycles. The predicted molar refractivity (Wildman–Crippen MR) is 174 cm³/mol. The van der Waals surface area contributed by atoms with Gasteiger partial charge in [0.2, 0.25) is 0 Å². The molecule has 0 unspecified atom stereocenters. The summed E-state index contributed by atoms with van der Waals surface area (Å²) in [6.07, 6.45) is 12.0. The summed E-state index contributed by atoms with van der Waals surface area (Å²) in [4.78, 5) is 32.2. The third-order valence-corrected chi connectivity index (χ3v) is 9.60. The minimum absolute atomic E-state index is 0.0587. The highest BCUT2D eigenvalue weighted by Crippen LogP contribution is 2.38. The van der Waals surface area contributed by atoms with Gasteiger partial charge < -0.3 is 19.3 Å². The molecule has 0 spiro atoms. The van der Waals surface area contributed by atoms with Crippen molar-refractivity contribution in [2.45, 2.75) is 57.8 Å². The summed E-state index contributed by atoms with van der Waals surface area (Å²) in [6.45, 7) is 8.46. The lowest BCUT2D eigenvalue weighted by molar-refractivity contribution is 0.158. The third kappa shape index (κ3) is 6.08. The Balaban J connectivity index is 1.25. The second-order valence-electron chi connectivity index (χ2n) is 12.9. The predicted octanol–water partition coefficient (Wildman–Crippen LogP) is 5.00. The van der Waals surface area contributed by atoms with Gasteiger partial charge >= 0.3 is 0 Å². The van der Waals surface area contributed by atoms with E-state index in [0.29, 0.717) is 30.2 Å². The van der Waals surface area contributed by atoms with Gasteiger partial charge in [0, 0.05) is 99.7 Å². The van der Waals surface area contributed by atoms with Crippen LogP contribution in [0.5, 0.6) is 0 Å². The van der Waals surface area contributed by atoms with Crippen molar-refractivity contribution in [3.05, 3.63) is 94.0 Å². The smallest absolute Gasteiger partial charge is 0.193 e. The normalized spacial score (nSPS) is 19.7. The highest BCUT2D eigenvalue weighted by molar-refractivity contribution is 5.84. The zero-order chi connectivity index (χ0) is 30.2. The second kappa shape index (κ2) is 12.3. The highest BCUT2D eigenvalue weighted by Gasteiger charge is 2.30. The first kappa shape index (κ1) is 28.9. The molecule has 230 valence electrons. The van der Waals surface area contributed by atoms with Crippen LogP contribution in [0.1, 0.15) is 48.5 Å². The molecule has 0 amide bonds. The lowest BCUT2D eigenvalue weighted by Crippen LogP contribution is -2.48. The molecule has 7 rings (SSSR count). The van der Waals surface area contributed by atoms with Gasteiger partial charge in [-0.25, -0.2) is 4.39 Å². The zero-order valence-electron chi connectivity index (χ0n) is 25.8. The summed E-state index contributed by atoms with van der Waals surface area (Å²) >= 11 is 0. The van der Waals surface area contributed by atoms with Crippen molar-refractivity contribution in [1.29, 1.82) is 0 Å². The van der Waals surface area contributed by atoms with Crippen molar-refractivity contribution < 1.29 is 4.39 Å². The number of aromatic nitrogens is 3. The molecule has 1 saturated carbocycles. The van der Waals surface area contributed by atoms with Gasteiger partial charge in [-0.15, -0.1) is 0 Å². The van der Waals surface area contributed by atoms with E-state index >= 15 is 4.39 Å². The number of piperidine rings is 1. The SMILES string of the molecule is Cc1cc(CN(Cc2cn(C3CC3)c3cc(N4CCN(C)CC4)c(F)cc3c2=O)[C@H]2CCCN(c3cccnc3)C2)ccn1. The molecule has 1 aliphatic carbocycles. The molecule has 3 fully saturated rings. The van der Waals surface area contributed by atoms with E-state index in [-0.39, 0.29) is 17.3 Å². The van der Waals surface area contributed by atoms with Crippen molar-refractivity contribution in [2.75, 3.05) is 56.1 Å². The molecule has 9 heteroatoms.